The molecule has 0 radical (unpaired) electrons. The molecule has 0 aliphatic heterocycles. The molecule has 0 spiro atoms. The van der Waals surface area contributed by atoms with Crippen molar-refractivity contribution in [1.82, 2.24) is 0 Å². The van der Waals surface area contributed by atoms with E-state index in [0.29, 0.717) is 0 Å². The van der Waals surface area contributed by atoms with Gasteiger partial charge in [-0.25, -0.2) is 0 Å². The first-order chi connectivity index (χ1) is 9.08. The van der Waals surface area contributed by atoms with Gasteiger partial charge in [-0.1, -0.05) is 30.3 Å². The Kier molecular flexibility index (Phi) is 4.75. The molecule has 0 amide bonds. The van der Waals surface area contributed by atoms with Crippen LogP contribution in [0.15, 0.2) is 42.5 Å². The predicted octanol–water partition coefficient (Wildman–Crippen LogP) is 4.22. The average molecular weight is 275 g/mol. The van der Waals surface area contributed by atoms with Gasteiger partial charge in [-0.2, -0.15) is 0 Å². The van der Waals surface area contributed by atoms with Gasteiger partial charge in [0.15, 0.2) is 0 Å². The van der Waals surface area contributed by atoms with Crippen LogP contribution in [-0.2, 0) is 4.74 Å². The molecule has 0 fully saturated rings. The molecule has 19 heavy (non-hydrogen) atoms. The number of ether oxygens (including phenoxy) is 1. The van der Waals surface area contributed by atoms with Crippen LogP contribution in [0.5, 0.6) is 0 Å². The van der Waals surface area contributed by atoms with E-state index in [-0.39, 0.29) is 18.2 Å². The number of benzene rings is 1. The van der Waals surface area contributed by atoms with Gasteiger partial charge in [-0.3, -0.25) is 0 Å². The summed E-state index contributed by atoms with van der Waals surface area (Å²) in [6.07, 6.45) is -0.00601. The Morgan fingerprint density at radius 3 is 2.26 bits per heavy atom. The second-order valence-corrected chi connectivity index (χ2v) is 6.24. The molecule has 0 aliphatic carbocycles. The topological polar surface area (TPSA) is 35.2 Å². The fourth-order valence-corrected chi connectivity index (χ4v) is 3.11. The molecule has 1 aromatic carbocycles. The van der Waals surface area contributed by atoms with Crippen LogP contribution in [0.3, 0.4) is 0 Å². The molecular weight excluding hydrogens is 254 g/mol. The van der Waals surface area contributed by atoms with Crippen LogP contribution in [0.25, 0.3) is 0 Å². The molecule has 1 aromatic heterocycles. The SMILES string of the molecule is Cc1ccc(C(OC(C)c2ccccc2)C(C)N)s1. The van der Waals surface area contributed by atoms with Crippen molar-refractivity contribution in [2.75, 3.05) is 0 Å². The summed E-state index contributed by atoms with van der Waals surface area (Å²) in [7, 11) is 0. The van der Waals surface area contributed by atoms with Crippen LogP contribution in [0.1, 0.15) is 41.4 Å². The summed E-state index contributed by atoms with van der Waals surface area (Å²) >= 11 is 1.76. The Labute approximate surface area is 119 Å². The van der Waals surface area contributed by atoms with Crippen LogP contribution in [0.4, 0.5) is 0 Å². The van der Waals surface area contributed by atoms with Gasteiger partial charge < -0.3 is 10.5 Å². The number of hydrogen-bond donors (Lipinski definition) is 1. The van der Waals surface area contributed by atoms with Crippen molar-refractivity contribution in [1.29, 1.82) is 0 Å². The molecule has 2 aromatic rings. The molecule has 102 valence electrons. The van der Waals surface area contributed by atoms with Crippen LogP contribution < -0.4 is 5.73 Å². The quantitative estimate of drug-likeness (QED) is 0.886. The highest BCUT2D eigenvalue weighted by atomic mass is 32.1. The monoisotopic (exact) mass is 275 g/mol. The zero-order valence-corrected chi connectivity index (χ0v) is 12.5. The lowest BCUT2D eigenvalue weighted by molar-refractivity contribution is -0.0142. The van der Waals surface area contributed by atoms with E-state index >= 15 is 0 Å². The van der Waals surface area contributed by atoms with E-state index in [1.54, 1.807) is 11.3 Å². The summed E-state index contributed by atoms with van der Waals surface area (Å²) in [5.74, 6) is 0. The lowest BCUT2D eigenvalue weighted by atomic mass is 10.1. The van der Waals surface area contributed by atoms with E-state index in [9.17, 15) is 0 Å². The van der Waals surface area contributed by atoms with E-state index in [1.807, 2.05) is 25.1 Å². The highest BCUT2D eigenvalue weighted by Crippen LogP contribution is 2.32. The van der Waals surface area contributed by atoms with Crippen LogP contribution in [-0.4, -0.2) is 6.04 Å². The first kappa shape index (κ1) is 14.3. The van der Waals surface area contributed by atoms with Crippen molar-refractivity contribution in [3.05, 3.63) is 57.8 Å². The number of hydrogen-bond acceptors (Lipinski definition) is 3. The largest absolute Gasteiger partial charge is 0.363 e. The molecule has 0 saturated heterocycles. The Morgan fingerprint density at radius 2 is 1.74 bits per heavy atom. The van der Waals surface area contributed by atoms with Gasteiger partial charge >= 0.3 is 0 Å². The maximum Gasteiger partial charge on any atom is 0.107 e. The molecule has 2 N–H and O–H groups in total. The highest BCUT2D eigenvalue weighted by Gasteiger charge is 2.21. The molecule has 0 bridgehead atoms. The first-order valence-electron chi connectivity index (χ1n) is 6.60. The molecule has 2 nitrogen and oxygen atoms in total. The third kappa shape index (κ3) is 3.66. The summed E-state index contributed by atoms with van der Waals surface area (Å²) in [4.78, 5) is 2.49. The van der Waals surface area contributed by atoms with E-state index in [1.165, 1.54) is 15.3 Å². The van der Waals surface area contributed by atoms with Gasteiger partial charge in [-0.15, -0.1) is 11.3 Å². The van der Waals surface area contributed by atoms with Gasteiger partial charge in [0.05, 0.1) is 6.10 Å². The zero-order valence-electron chi connectivity index (χ0n) is 11.7. The lowest BCUT2D eigenvalue weighted by Gasteiger charge is -2.25. The van der Waals surface area contributed by atoms with Gasteiger partial charge in [0.2, 0.25) is 0 Å². The van der Waals surface area contributed by atoms with Crippen LogP contribution in [0, 0.1) is 6.92 Å². The van der Waals surface area contributed by atoms with E-state index in [2.05, 4.69) is 38.1 Å². The van der Waals surface area contributed by atoms with Crippen molar-refractivity contribution >= 4 is 11.3 Å². The second-order valence-electron chi connectivity index (χ2n) is 4.92. The highest BCUT2D eigenvalue weighted by molar-refractivity contribution is 7.12. The third-order valence-corrected chi connectivity index (χ3v) is 4.20. The van der Waals surface area contributed by atoms with Crippen molar-refractivity contribution in [3.8, 4) is 0 Å². The van der Waals surface area contributed by atoms with E-state index in [0.717, 1.165) is 0 Å². The van der Waals surface area contributed by atoms with Crippen molar-refractivity contribution < 1.29 is 4.74 Å². The molecule has 1 heterocycles. The molecule has 3 heteroatoms. The number of nitrogens with two attached hydrogens (primary N) is 1. The summed E-state index contributed by atoms with van der Waals surface area (Å²) in [6.45, 7) is 6.18. The fourth-order valence-electron chi connectivity index (χ4n) is 2.08. The molecule has 0 saturated carbocycles. The minimum atomic E-state index is -0.0473. The number of aryl methyl sites for hydroxylation is 1. The summed E-state index contributed by atoms with van der Waals surface area (Å²) in [6, 6.07) is 14.5. The number of rotatable bonds is 5. The standard InChI is InChI=1S/C16H21NOS/c1-11-9-10-15(19-11)16(12(2)17)18-13(3)14-7-5-4-6-8-14/h4-10,12-13,16H,17H2,1-3H3. The van der Waals surface area contributed by atoms with Gasteiger partial charge in [0, 0.05) is 15.8 Å². The Hall–Kier alpha value is -1.16. The summed E-state index contributed by atoms with van der Waals surface area (Å²) in [5.41, 5.74) is 7.27. The molecular formula is C16H21NOS. The van der Waals surface area contributed by atoms with E-state index < -0.39 is 0 Å². The predicted molar refractivity (Wildman–Crippen MR) is 81.4 cm³/mol. The van der Waals surface area contributed by atoms with Gasteiger partial charge in [0.1, 0.15) is 6.10 Å². The normalized spacial score (nSPS) is 16.0. The van der Waals surface area contributed by atoms with Crippen LogP contribution >= 0.6 is 11.3 Å². The average Bonchev–Trinajstić information content (AvgIpc) is 2.82. The molecule has 3 atom stereocenters. The zero-order chi connectivity index (χ0) is 13.8. The maximum absolute atomic E-state index is 6.18. The Bertz CT molecular complexity index is 506. The van der Waals surface area contributed by atoms with Gasteiger partial charge in [0.25, 0.3) is 0 Å². The Balaban J connectivity index is 2.13. The summed E-state index contributed by atoms with van der Waals surface area (Å²) in [5, 5.41) is 0. The fraction of sp³-hybridized carbons (Fsp3) is 0.375. The van der Waals surface area contributed by atoms with Crippen molar-refractivity contribution in [3.63, 3.8) is 0 Å². The summed E-state index contributed by atoms with van der Waals surface area (Å²) < 4.78 is 6.18. The Morgan fingerprint density at radius 1 is 1.05 bits per heavy atom. The smallest absolute Gasteiger partial charge is 0.107 e. The molecule has 3 unspecified atom stereocenters. The molecule has 2 rings (SSSR count). The number of thiophene rings is 1. The maximum atomic E-state index is 6.18. The van der Waals surface area contributed by atoms with Gasteiger partial charge in [-0.05, 0) is 38.5 Å². The lowest BCUT2D eigenvalue weighted by Crippen LogP contribution is -2.27. The van der Waals surface area contributed by atoms with Crippen molar-refractivity contribution in [2.24, 2.45) is 5.73 Å². The van der Waals surface area contributed by atoms with Crippen molar-refractivity contribution in [2.45, 2.75) is 39.0 Å². The first-order valence-corrected chi connectivity index (χ1v) is 7.42. The van der Waals surface area contributed by atoms with Crippen LogP contribution in [0.2, 0.25) is 0 Å². The minimum absolute atomic E-state index is 0.0239. The second kappa shape index (κ2) is 6.33. The van der Waals surface area contributed by atoms with E-state index in [4.69, 9.17) is 10.5 Å². The molecule has 0 aliphatic rings. The minimum Gasteiger partial charge on any atom is -0.363 e. The third-order valence-electron chi connectivity index (χ3n) is 3.14.